The topological polar surface area (TPSA) is 73.6 Å². The molecular weight excluding hydrogens is 311 g/mol. The Morgan fingerprint density at radius 2 is 1.96 bits per heavy atom. The number of hydrogen-bond acceptors (Lipinski definition) is 5. The van der Waals surface area contributed by atoms with Crippen LogP contribution in [0.1, 0.15) is 29.3 Å². The molecule has 0 atom stereocenters. The van der Waals surface area contributed by atoms with Crippen molar-refractivity contribution in [3.8, 4) is 11.5 Å². The number of halogens is 1. The Labute approximate surface area is 140 Å². The van der Waals surface area contributed by atoms with E-state index >= 15 is 0 Å². The van der Waals surface area contributed by atoms with Crippen molar-refractivity contribution in [3.05, 3.63) is 47.3 Å². The third-order valence-electron chi connectivity index (χ3n) is 3.72. The van der Waals surface area contributed by atoms with Gasteiger partial charge >= 0.3 is 0 Å². The zero-order chi connectivity index (χ0) is 17.7. The van der Waals surface area contributed by atoms with Crippen LogP contribution < -0.4 is 20.5 Å². The first-order valence-corrected chi connectivity index (χ1v) is 7.57. The van der Waals surface area contributed by atoms with Gasteiger partial charge in [0, 0.05) is 35.8 Å². The van der Waals surface area contributed by atoms with Crippen LogP contribution >= 0.6 is 0 Å². The summed E-state index contributed by atoms with van der Waals surface area (Å²) >= 11 is 0. The van der Waals surface area contributed by atoms with E-state index in [-0.39, 0.29) is 17.2 Å². The molecule has 0 aliphatic carbocycles. The number of carbonyl (C=O) groups excluding carboxylic acids is 1. The van der Waals surface area contributed by atoms with Crippen LogP contribution in [-0.2, 0) is 6.54 Å². The van der Waals surface area contributed by atoms with Crippen LogP contribution in [0.2, 0.25) is 0 Å². The second-order valence-electron chi connectivity index (χ2n) is 5.23. The van der Waals surface area contributed by atoms with Crippen molar-refractivity contribution < 1.29 is 18.7 Å². The highest BCUT2D eigenvalue weighted by molar-refractivity contribution is 6.01. The number of nitrogens with one attached hydrogen (secondary N) is 1. The number of carbonyl (C=O) groups is 1. The van der Waals surface area contributed by atoms with E-state index in [4.69, 9.17) is 15.2 Å². The molecule has 0 aromatic heterocycles. The van der Waals surface area contributed by atoms with E-state index in [0.29, 0.717) is 30.0 Å². The van der Waals surface area contributed by atoms with Crippen LogP contribution in [-0.4, -0.2) is 20.0 Å². The molecule has 0 spiro atoms. The zero-order valence-corrected chi connectivity index (χ0v) is 14.0. The van der Waals surface area contributed by atoms with Gasteiger partial charge in [-0.2, -0.15) is 0 Å². The van der Waals surface area contributed by atoms with Gasteiger partial charge in [0.1, 0.15) is 17.3 Å². The molecule has 2 aromatic carbocycles. The summed E-state index contributed by atoms with van der Waals surface area (Å²) in [4.78, 5) is 11.9. The first-order valence-electron chi connectivity index (χ1n) is 7.57. The lowest BCUT2D eigenvalue weighted by Gasteiger charge is -2.14. The van der Waals surface area contributed by atoms with Gasteiger partial charge in [0.2, 0.25) is 0 Å². The third-order valence-corrected chi connectivity index (χ3v) is 3.72. The number of anilines is 2. The second-order valence-corrected chi connectivity index (χ2v) is 5.23. The Bertz CT molecular complexity index is 747. The van der Waals surface area contributed by atoms with Gasteiger partial charge in [-0.25, -0.2) is 4.39 Å². The number of hydrogen-bond donors (Lipinski definition) is 2. The van der Waals surface area contributed by atoms with E-state index in [1.54, 1.807) is 33.3 Å². The molecule has 0 heterocycles. The molecule has 128 valence electrons. The fourth-order valence-electron chi connectivity index (χ4n) is 2.34. The Morgan fingerprint density at radius 3 is 2.58 bits per heavy atom. The average molecular weight is 332 g/mol. The summed E-state index contributed by atoms with van der Waals surface area (Å²) < 4.78 is 24.6. The van der Waals surface area contributed by atoms with Crippen LogP contribution in [0.3, 0.4) is 0 Å². The minimum absolute atomic E-state index is 0.127. The smallest absolute Gasteiger partial charge is 0.164 e. The van der Waals surface area contributed by atoms with Gasteiger partial charge in [0.15, 0.2) is 5.78 Å². The molecule has 0 aliphatic rings. The van der Waals surface area contributed by atoms with Gasteiger partial charge in [-0.05, 0) is 24.3 Å². The number of rotatable bonds is 7. The second kappa shape index (κ2) is 7.68. The fraction of sp³-hybridized carbons (Fsp3) is 0.278. The molecule has 6 heteroatoms. The van der Waals surface area contributed by atoms with E-state index in [1.807, 2.05) is 6.07 Å². The molecule has 0 radical (unpaired) electrons. The monoisotopic (exact) mass is 332 g/mol. The molecule has 3 N–H and O–H groups in total. The zero-order valence-electron chi connectivity index (χ0n) is 14.0. The SMILES string of the molecule is CCC(=O)c1cc(NCc2ccc(OC)cc2OC)c(F)cc1N. The molecule has 0 unspecified atom stereocenters. The maximum Gasteiger partial charge on any atom is 0.164 e. The van der Waals surface area contributed by atoms with Crippen molar-refractivity contribution >= 4 is 17.2 Å². The Morgan fingerprint density at radius 1 is 1.21 bits per heavy atom. The number of Topliss-reactive ketones (excluding diaryl/α,β-unsaturated/α-hetero) is 1. The molecule has 0 saturated heterocycles. The normalized spacial score (nSPS) is 10.3. The first-order chi connectivity index (χ1) is 11.5. The van der Waals surface area contributed by atoms with Gasteiger partial charge < -0.3 is 20.5 Å². The predicted octanol–water partition coefficient (Wildman–Crippen LogP) is 3.63. The lowest BCUT2D eigenvalue weighted by atomic mass is 10.1. The summed E-state index contributed by atoms with van der Waals surface area (Å²) in [5.74, 6) is 0.665. The van der Waals surface area contributed by atoms with Crippen molar-refractivity contribution in [3.63, 3.8) is 0 Å². The van der Waals surface area contributed by atoms with Crippen LogP contribution in [0.25, 0.3) is 0 Å². The number of nitrogens with two attached hydrogens (primary N) is 1. The van der Waals surface area contributed by atoms with E-state index in [0.717, 1.165) is 11.6 Å². The van der Waals surface area contributed by atoms with Gasteiger partial charge in [0.05, 0.1) is 19.9 Å². The van der Waals surface area contributed by atoms with Crippen LogP contribution in [0.5, 0.6) is 11.5 Å². The third kappa shape index (κ3) is 3.76. The van der Waals surface area contributed by atoms with Crippen molar-refractivity contribution in [2.45, 2.75) is 19.9 Å². The van der Waals surface area contributed by atoms with Crippen molar-refractivity contribution in [1.82, 2.24) is 0 Å². The van der Waals surface area contributed by atoms with E-state index < -0.39 is 5.82 Å². The van der Waals surface area contributed by atoms with E-state index in [9.17, 15) is 9.18 Å². The van der Waals surface area contributed by atoms with Crippen molar-refractivity contribution in [2.24, 2.45) is 0 Å². The molecule has 0 saturated carbocycles. The molecule has 0 aliphatic heterocycles. The summed E-state index contributed by atoms with van der Waals surface area (Å²) in [6.45, 7) is 2.06. The Kier molecular flexibility index (Phi) is 5.63. The number of benzene rings is 2. The number of methoxy groups -OCH3 is 2. The minimum Gasteiger partial charge on any atom is -0.497 e. The van der Waals surface area contributed by atoms with E-state index in [2.05, 4.69) is 5.32 Å². The summed E-state index contributed by atoms with van der Waals surface area (Å²) in [5.41, 5.74) is 7.25. The lowest BCUT2D eigenvalue weighted by Crippen LogP contribution is -2.08. The number of nitrogen functional groups attached to an aromatic ring is 1. The van der Waals surface area contributed by atoms with Crippen LogP contribution in [0.4, 0.5) is 15.8 Å². The van der Waals surface area contributed by atoms with Gasteiger partial charge in [-0.15, -0.1) is 0 Å². The average Bonchev–Trinajstić information content (AvgIpc) is 2.60. The number of ketones is 1. The van der Waals surface area contributed by atoms with Crippen LogP contribution in [0.15, 0.2) is 30.3 Å². The largest absolute Gasteiger partial charge is 0.497 e. The van der Waals surface area contributed by atoms with Gasteiger partial charge in [0.25, 0.3) is 0 Å². The highest BCUT2D eigenvalue weighted by atomic mass is 19.1. The maximum atomic E-state index is 14.1. The summed E-state index contributed by atoms with van der Waals surface area (Å²) in [6.07, 6.45) is 0.307. The standard InChI is InChI=1S/C18H21FN2O3/c1-4-17(22)13-8-16(14(19)9-15(13)20)21-10-11-5-6-12(23-2)7-18(11)24-3/h5-9,21H,4,10,20H2,1-3H3. The molecule has 0 fully saturated rings. The summed E-state index contributed by atoms with van der Waals surface area (Å²) in [6, 6.07) is 7.99. The predicted molar refractivity (Wildman–Crippen MR) is 92.3 cm³/mol. The van der Waals surface area contributed by atoms with Gasteiger partial charge in [-0.3, -0.25) is 4.79 Å². The highest BCUT2D eigenvalue weighted by Gasteiger charge is 2.13. The fourth-order valence-corrected chi connectivity index (χ4v) is 2.34. The highest BCUT2D eigenvalue weighted by Crippen LogP contribution is 2.27. The maximum absolute atomic E-state index is 14.1. The summed E-state index contributed by atoms with van der Waals surface area (Å²) in [5, 5.41) is 2.98. The molecular formula is C18H21FN2O3. The molecule has 0 amide bonds. The number of ether oxygens (including phenoxy) is 2. The van der Waals surface area contributed by atoms with Gasteiger partial charge in [-0.1, -0.05) is 6.92 Å². The lowest BCUT2D eigenvalue weighted by molar-refractivity contribution is 0.0989. The molecule has 2 rings (SSSR count). The minimum atomic E-state index is -0.507. The molecule has 5 nitrogen and oxygen atoms in total. The first kappa shape index (κ1) is 17.6. The Balaban J connectivity index is 2.24. The molecule has 2 aromatic rings. The Hall–Kier alpha value is -2.76. The van der Waals surface area contributed by atoms with Crippen LogP contribution in [0, 0.1) is 5.82 Å². The molecule has 0 bridgehead atoms. The summed E-state index contributed by atoms with van der Waals surface area (Å²) in [7, 11) is 3.13. The van der Waals surface area contributed by atoms with Crippen molar-refractivity contribution in [1.29, 1.82) is 0 Å². The quantitative estimate of drug-likeness (QED) is 0.598. The molecule has 24 heavy (non-hydrogen) atoms. The van der Waals surface area contributed by atoms with Crippen molar-refractivity contribution in [2.75, 3.05) is 25.3 Å². The van der Waals surface area contributed by atoms with E-state index in [1.165, 1.54) is 6.07 Å².